The average molecular weight is 353 g/mol. The molecule has 0 aromatic heterocycles. The number of hydrogen-bond acceptors (Lipinski definition) is 3. The van der Waals surface area contributed by atoms with E-state index in [9.17, 15) is 9.90 Å². The first kappa shape index (κ1) is 18.4. The van der Waals surface area contributed by atoms with Gasteiger partial charge in [-0.1, -0.05) is 48.5 Å². The normalized spacial score (nSPS) is 17.7. The molecule has 1 heterocycles. The summed E-state index contributed by atoms with van der Waals surface area (Å²) < 4.78 is 0. The summed E-state index contributed by atoms with van der Waals surface area (Å²) in [5, 5.41) is 15.2. The van der Waals surface area contributed by atoms with E-state index < -0.39 is 0 Å². The van der Waals surface area contributed by atoms with Gasteiger partial charge in [0.15, 0.2) is 0 Å². The van der Waals surface area contributed by atoms with E-state index in [1.54, 1.807) is 0 Å². The molecule has 1 aliphatic heterocycles. The van der Waals surface area contributed by atoms with E-state index in [4.69, 9.17) is 0 Å². The summed E-state index contributed by atoms with van der Waals surface area (Å²) in [5.74, 6) is 0.371. The molecule has 2 amide bonds. The van der Waals surface area contributed by atoms with Gasteiger partial charge in [-0.3, -0.25) is 0 Å². The van der Waals surface area contributed by atoms with Crippen LogP contribution in [0.1, 0.15) is 12.8 Å². The number of carbonyl (C=O) groups excluding carboxylic acids is 1. The summed E-state index contributed by atoms with van der Waals surface area (Å²) >= 11 is 0. The van der Waals surface area contributed by atoms with E-state index in [0.29, 0.717) is 12.5 Å². The molecule has 0 saturated carbocycles. The lowest BCUT2D eigenvalue weighted by Crippen LogP contribution is -2.42. The van der Waals surface area contributed by atoms with Crippen molar-refractivity contribution < 1.29 is 9.90 Å². The molecule has 0 unspecified atom stereocenters. The minimum atomic E-state index is -0.191. The number of nitrogens with zero attached hydrogens (tertiary/aromatic N) is 1. The number of urea groups is 1. The van der Waals surface area contributed by atoms with Gasteiger partial charge < -0.3 is 20.6 Å². The van der Waals surface area contributed by atoms with E-state index in [2.05, 4.69) is 15.5 Å². The molecule has 138 valence electrons. The predicted molar refractivity (Wildman–Crippen MR) is 105 cm³/mol. The molecular formula is C21H27N3O2. The quantitative estimate of drug-likeness (QED) is 0.747. The maximum atomic E-state index is 12.3. The number of carbonyl (C=O) groups is 1. The van der Waals surface area contributed by atoms with Gasteiger partial charge in [-0.25, -0.2) is 4.79 Å². The van der Waals surface area contributed by atoms with Gasteiger partial charge in [0.1, 0.15) is 0 Å². The van der Waals surface area contributed by atoms with Gasteiger partial charge in [-0.2, -0.15) is 0 Å². The number of aliphatic hydroxyl groups is 1. The molecule has 2 aromatic rings. The number of aliphatic hydroxyl groups excluding tert-OH is 1. The summed E-state index contributed by atoms with van der Waals surface area (Å²) in [6.45, 7) is 3.61. The van der Waals surface area contributed by atoms with E-state index >= 15 is 0 Å². The summed E-state index contributed by atoms with van der Waals surface area (Å²) in [5.41, 5.74) is 2.88. The fourth-order valence-electron chi connectivity index (χ4n) is 3.46. The van der Waals surface area contributed by atoms with Crippen LogP contribution in [0.3, 0.4) is 0 Å². The minimum absolute atomic E-state index is 0.191. The summed E-state index contributed by atoms with van der Waals surface area (Å²) in [6, 6.07) is 17.7. The molecule has 0 bridgehead atoms. The predicted octanol–water partition coefficient (Wildman–Crippen LogP) is 3.18. The second kappa shape index (κ2) is 9.36. The number of likely N-dealkylation sites (tertiary alicyclic amines) is 1. The van der Waals surface area contributed by atoms with Crippen molar-refractivity contribution in [1.82, 2.24) is 10.2 Å². The van der Waals surface area contributed by atoms with Crippen LogP contribution in [0.4, 0.5) is 10.5 Å². The number of piperidine rings is 1. The number of para-hydroxylation sites is 1. The number of nitrogens with one attached hydrogen (secondary N) is 2. The van der Waals surface area contributed by atoms with Crippen molar-refractivity contribution in [3.63, 3.8) is 0 Å². The van der Waals surface area contributed by atoms with Gasteiger partial charge >= 0.3 is 6.03 Å². The van der Waals surface area contributed by atoms with Gasteiger partial charge in [0.2, 0.25) is 0 Å². The summed E-state index contributed by atoms with van der Waals surface area (Å²) in [7, 11) is 0. The zero-order chi connectivity index (χ0) is 18.2. The Morgan fingerprint density at radius 2 is 1.88 bits per heavy atom. The second-order valence-electron chi connectivity index (χ2n) is 6.78. The van der Waals surface area contributed by atoms with Crippen molar-refractivity contribution in [3.05, 3.63) is 54.6 Å². The van der Waals surface area contributed by atoms with Crippen LogP contribution in [-0.4, -0.2) is 48.8 Å². The zero-order valence-electron chi connectivity index (χ0n) is 15.0. The number of anilines is 1. The Kier molecular flexibility index (Phi) is 6.63. The van der Waals surface area contributed by atoms with Crippen LogP contribution >= 0.6 is 0 Å². The maximum absolute atomic E-state index is 12.3. The van der Waals surface area contributed by atoms with Gasteiger partial charge in [0, 0.05) is 31.8 Å². The first-order valence-corrected chi connectivity index (χ1v) is 9.29. The van der Waals surface area contributed by atoms with E-state index in [-0.39, 0.29) is 12.6 Å². The van der Waals surface area contributed by atoms with E-state index in [1.807, 2.05) is 54.6 Å². The molecule has 0 radical (unpaired) electrons. The SMILES string of the molecule is O=C(NCCN1CCC[C@@H](CO)C1)Nc1ccccc1-c1ccccc1. The molecule has 3 N–H and O–H groups in total. The first-order chi connectivity index (χ1) is 12.8. The van der Waals surface area contributed by atoms with Crippen molar-refractivity contribution in [2.45, 2.75) is 12.8 Å². The van der Waals surface area contributed by atoms with Crippen molar-refractivity contribution in [2.75, 3.05) is 38.1 Å². The smallest absolute Gasteiger partial charge is 0.319 e. The number of rotatable bonds is 6. The molecule has 1 atom stereocenters. The molecule has 3 rings (SSSR count). The van der Waals surface area contributed by atoms with Crippen LogP contribution in [0, 0.1) is 5.92 Å². The largest absolute Gasteiger partial charge is 0.396 e. The summed E-state index contributed by atoms with van der Waals surface area (Å²) in [4.78, 5) is 14.6. The van der Waals surface area contributed by atoms with Crippen LogP contribution in [0.5, 0.6) is 0 Å². The maximum Gasteiger partial charge on any atom is 0.319 e. The summed E-state index contributed by atoms with van der Waals surface area (Å²) in [6.07, 6.45) is 2.21. The van der Waals surface area contributed by atoms with Crippen molar-refractivity contribution in [3.8, 4) is 11.1 Å². The average Bonchev–Trinajstić information content (AvgIpc) is 2.69. The highest BCUT2D eigenvalue weighted by Gasteiger charge is 2.18. The molecule has 1 fully saturated rings. The first-order valence-electron chi connectivity index (χ1n) is 9.29. The monoisotopic (exact) mass is 353 g/mol. The number of amides is 2. The third kappa shape index (κ3) is 5.07. The Hall–Kier alpha value is -2.37. The Bertz CT molecular complexity index is 705. The topological polar surface area (TPSA) is 64.6 Å². The van der Waals surface area contributed by atoms with Crippen LogP contribution in [0.15, 0.2) is 54.6 Å². The molecule has 0 aliphatic carbocycles. The molecule has 5 heteroatoms. The molecule has 1 saturated heterocycles. The molecule has 0 spiro atoms. The Morgan fingerprint density at radius 1 is 1.12 bits per heavy atom. The zero-order valence-corrected chi connectivity index (χ0v) is 15.0. The minimum Gasteiger partial charge on any atom is -0.396 e. The van der Waals surface area contributed by atoms with Crippen LogP contribution in [0.25, 0.3) is 11.1 Å². The Morgan fingerprint density at radius 3 is 2.69 bits per heavy atom. The Labute approximate surface area is 155 Å². The highest BCUT2D eigenvalue weighted by molar-refractivity contribution is 5.94. The molecule has 26 heavy (non-hydrogen) atoms. The molecule has 5 nitrogen and oxygen atoms in total. The van der Waals surface area contributed by atoms with E-state index in [0.717, 1.165) is 49.3 Å². The number of hydrogen-bond donors (Lipinski definition) is 3. The standard InChI is InChI=1S/C21H27N3O2/c25-16-17-7-6-13-24(15-17)14-12-22-21(26)23-20-11-5-4-10-19(20)18-8-2-1-3-9-18/h1-5,8-11,17,25H,6-7,12-16H2,(H2,22,23,26)/t17-/m1/s1. The lowest BCUT2D eigenvalue weighted by Gasteiger charge is -2.31. The highest BCUT2D eigenvalue weighted by Crippen LogP contribution is 2.27. The molecule has 1 aliphatic rings. The van der Waals surface area contributed by atoms with Crippen LogP contribution in [-0.2, 0) is 0 Å². The van der Waals surface area contributed by atoms with Gasteiger partial charge in [-0.15, -0.1) is 0 Å². The number of benzene rings is 2. The van der Waals surface area contributed by atoms with Crippen LogP contribution < -0.4 is 10.6 Å². The van der Waals surface area contributed by atoms with Gasteiger partial charge in [0.25, 0.3) is 0 Å². The van der Waals surface area contributed by atoms with Crippen molar-refractivity contribution in [2.24, 2.45) is 5.92 Å². The van der Waals surface area contributed by atoms with Gasteiger partial charge in [-0.05, 0) is 36.9 Å². The van der Waals surface area contributed by atoms with E-state index in [1.165, 1.54) is 0 Å². The molecule has 2 aromatic carbocycles. The fourth-order valence-corrected chi connectivity index (χ4v) is 3.46. The second-order valence-corrected chi connectivity index (χ2v) is 6.78. The lowest BCUT2D eigenvalue weighted by molar-refractivity contribution is 0.121. The third-order valence-electron chi connectivity index (χ3n) is 4.83. The molecular weight excluding hydrogens is 326 g/mol. The van der Waals surface area contributed by atoms with Crippen molar-refractivity contribution in [1.29, 1.82) is 0 Å². The fraction of sp³-hybridized carbons (Fsp3) is 0.381. The Balaban J connectivity index is 1.51. The van der Waals surface area contributed by atoms with Crippen molar-refractivity contribution >= 4 is 11.7 Å². The van der Waals surface area contributed by atoms with Crippen LogP contribution in [0.2, 0.25) is 0 Å². The lowest BCUT2D eigenvalue weighted by atomic mass is 9.99. The van der Waals surface area contributed by atoms with Gasteiger partial charge in [0.05, 0.1) is 5.69 Å². The third-order valence-corrected chi connectivity index (χ3v) is 4.83. The highest BCUT2D eigenvalue weighted by atomic mass is 16.3.